The van der Waals surface area contributed by atoms with E-state index in [1.165, 1.54) is 37.8 Å². The van der Waals surface area contributed by atoms with Crippen molar-refractivity contribution in [1.29, 1.82) is 0 Å². The normalized spacial score (nSPS) is 23.4. The van der Waals surface area contributed by atoms with Crippen LogP contribution < -0.4 is 5.32 Å². The molecule has 2 fully saturated rings. The van der Waals surface area contributed by atoms with E-state index in [0.29, 0.717) is 11.5 Å². The van der Waals surface area contributed by atoms with Gasteiger partial charge in [-0.2, -0.15) is 0 Å². The van der Waals surface area contributed by atoms with E-state index in [9.17, 15) is 0 Å². The summed E-state index contributed by atoms with van der Waals surface area (Å²) < 4.78 is 0. The fourth-order valence-electron chi connectivity index (χ4n) is 2.88. The van der Waals surface area contributed by atoms with E-state index in [4.69, 9.17) is 11.6 Å². The van der Waals surface area contributed by atoms with Gasteiger partial charge in [-0.05, 0) is 55.6 Å². The third-order valence-electron chi connectivity index (χ3n) is 4.47. The highest BCUT2D eigenvalue weighted by Gasteiger charge is 2.53. The number of halogens is 1. The topological polar surface area (TPSA) is 12.0 Å². The second-order valence-corrected chi connectivity index (χ2v) is 6.17. The van der Waals surface area contributed by atoms with Crippen LogP contribution in [0.3, 0.4) is 0 Å². The second kappa shape index (κ2) is 4.29. The van der Waals surface area contributed by atoms with Crippen LogP contribution in [0.5, 0.6) is 0 Å². The maximum atomic E-state index is 6.22. The highest BCUT2D eigenvalue weighted by molar-refractivity contribution is 6.31. The Hall–Kier alpha value is -0.530. The van der Waals surface area contributed by atoms with Gasteiger partial charge in [-0.15, -0.1) is 0 Å². The first-order valence-corrected chi connectivity index (χ1v) is 7.07. The third-order valence-corrected chi connectivity index (χ3v) is 4.81. The molecule has 0 bridgehead atoms. The van der Waals surface area contributed by atoms with Crippen molar-refractivity contribution in [3.63, 3.8) is 0 Å². The highest BCUT2D eigenvalue weighted by Crippen LogP contribution is 2.60. The van der Waals surface area contributed by atoms with Gasteiger partial charge < -0.3 is 5.32 Å². The standard InChI is InChI=1S/C15H20ClN/c1-11(13-4-2-3-5-14(13)16)17-10-15(8-9-15)12-6-7-12/h2-5,11-12,17H,6-10H2,1H3. The summed E-state index contributed by atoms with van der Waals surface area (Å²) >= 11 is 6.22. The smallest absolute Gasteiger partial charge is 0.0453 e. The minimum atomic E-state index is 0.361. The molecule has 92 valence electrons. The lowest BCUT2D eigenvalue weighted by molar-refractivity contribution is 0.382. The average Bonchev–Trinajstić information content (AvgIpc) is 3.17. The summed E-state index contributed by atoms with van der Waals surface area (Å²) in [4.78, 5) is 0. The van der Waals surface area contributed by atoms with Crippen molar-refractivity contribution in [3.8, 4) is 0 Å². The van der Waals surface area contributed by atoms with Gasteiger partial charge in [0.25, 0.3) is 0 Å². The van der Waals surface area contributed by atoms with Gasteiger partial charge in [-0.3, -0.25) is 0 Å². The number of nitrogens with one attached hydrogen (secondary N) is 1. The maximum Gasteiger partial charge on any atom is 0.0453 e. The largest absolute Gasteiger partial charge is 0.310 e. The summed E-state index contributed by atoms with van der Waals surface area (Å²) in [6, 6.07) is 8.51. The Kier molecular flexibility index (Phi) is 2.92. The molecule has 2 aliphatic carbocycles. The number of hydrogen-bond donors (Lipinski definition) is 1. The summed E-state index contributed by atoms with van der Waals surface area (Å²) in [7, 11) is 0. The Morgan fingerprint density at radius 2 is 2.06 bits per heavy atom. The van der Waals surface area contributed by atoms with Crippen molar-refractivity contribution < 1.29 is 0 Å². The number of benzene rings is 1. The molecule has 2 aliphatic rings. The van der Waals surface area contributed by atoms with Crippen molar-refractivity contribution in [2.24, 2.45) is 11.3 Å². The predicted molar refractivity (Wildman–Crippen MR) is 72.3 cm³/mol. The van der Waals surface area contributed by atoms with E-state index in [1.54, 1.807) is 0 Å². The second-order valence-electron chi connectivity index (χ2n) is 5.76. The van der Waals surface area contributed by atoms with Crippen LogP contribution in [0.1, 0.15) is 44.2 Å². The van der Waals surface area contributed by atoms with Crippen molar-refractivity contribution in [3.05, 3.63) is 34.9 Å². The van der Waals surface area contributed by atoms with E-state index in [0.717, 1.165) is 10.9 Å². The van der Waals surface area contributed by atoms with Gasteiger partial charge in [0.2, 0.25) is 0 Å². The molecule has 0 aliphatic heterocycles. The van der Waals surface area contributed by atoms with Crippen LogP contribution in [-0.2, 0) is 0 Å². The SMILES string of the molecule is CC(NCC1(C2CC2)CC1)c1ccccc1Cl. The molecule has 0 amide bonds. The van der Waals surface area contributed by atoms with Crippen molar-refractivity contribution in [2.45, 2.75) is 38.6 Å². The molecular weight excluding hydrogens is 230 g/mol. The molecule has 3 rings (SSSR count). The predicted octanol–water partition coefficient (Wildman–Crippen LogP) is 4.18. The fraction of sp³-hybridized carbons (Fsp3) is 0.600. The molecule has 17 heavy (non-hydrogen) atoms. The Labute approximate surface area is 109 Å². The molecule has 1 aromatic carbocycles. The van der Waals surface area contributed by atoms with Gasteiger partial charge >= 0.3 is 0 Å². The van der Waals surface area contributed by atoms with E-state index in [1.807, 2.05) is 12.1 Å². The molecule has 1 aromatic rings. The molecule has 0 heterocycles. The minimum Gasteiger partial charge on any atom is -0.310 e. The molecule has 1 atom stereocenters. The lowest BCUT2D eigenvalue weighted by Gasteiger charge is -2.20. The summed E-state index contributed by atoms with van der Waals surface area (Å²) in [5.41, 5.74) is 1.89. The van der Waals surface area contributed by atoms with Crippen molar-refractivity contribution >= 4 is 11.6 Å². The first kappa shape index (κ1) is 11.6. The summed E-state index contributed by atoms with van der Waals surface area (Å²) in [6.45, 7) is 3.38. The van der Waals surface area contributed by atoms with Crippen LogP contribution in [-0.4, -0.2) is 6.54 Å². The van der Waals surface area contributed by atoms with Gasteiger partial charge in [0.15, 0.2) is 0 Å². The molecule has 1 N–H and O–H groups in total. The van der Waals surface area contributed by atoms with Gasteiger partial charge in [-0.25, -0.2) is 0 Å². The molecule has 0 aromatic heterocycles. The molecule has 2 saturated carbocycles. The summed E-state index contributed by atoms with van der Waals surface area (Å²) in [5.74, 6) is 1.02. The Morgan fingerprint density at radius 1 is 1.35 bits per heavy atom. The molecule has 0 saturated heterocycles. The van der Waals surface area contributed by atoms with Crippen LogP contribution in [0.15, 0.2) is 24.3 Å². The lowest BCUT2D eigenvalue weighted by atomic mass is 9.99. The van der Waals surface area contributed by atoms with E-state index in [-0.39, 0.29) is 0 Å². The van der Waals surface area contributed by atoms with Crippen LogP contribution in [0, 0.1) is 11.3 Å². The van der Waals surface area contributed by atoms with Crippen LogP contribution in [0.25, 0.3) is 0 Å². The van der Waals surface area contributed by atoms with Crippen LogP contribution >= 0.6 is 11.6 Å². The van der Waals surface area contributed by atoms with Gasteiger partial charge in [0.1, 0.15) is 0 Å². The zero-order valence-corrected chi connectivity index (χ0v) is 11.1. The third kappa shape index (κ3) is 2.36. The Bertz CT molecular complexity index is 407. The zero-order valence-electron chi connectivity index (χ0n) is 10.4. The van der Waals surface area contributed by atoms with Crippen LogP contribution in [0.4, 0.5) is 0 Å². The van der Waals surface area contributed by atoms with Crippen LogP contribution in [0.2, 0.25) is 5.02 Å². The van der Waals surface area contributed by atoms with E-state index < -0.39 is 0 Å². The molecule has 0 radical (unpaired) electrons. The summed E-state index contributed by atoms with van der Waals surface area (Å²) in [5, 5.41) is 4.56. The average molecular weight is 250 g/mol. The van der Waals surface area contributed by atoms with Gasteiger partial charge in [0.05, 0.1) is 0 Å². The molecule has 0 spiro atoms. The Balaban J connectivity index is 1.60. The molecule has 1 nitrogen and oxygen atoms in total. The van der Waals surface area contributed by atoms with E-state index in [2.05, 4.69) is 24.4 Å². The van der Waals surface area contributed by atoms with Crippen molar-refractivity contribution in [1.82, 2.24) is 5.32 Å². The van der Waals surface area contributed by atoms with Gasteiger partial charge in [0, 0.05) is 17.6 Å². The monoisotopic (exact) mass is 249 g/mol. The molecule has 2 heteroatoms. The zero-order chi connectivity index (χ0) is 11.9. The summed E-state index contributed by atoms with van der Waals surface area (Å²) in [6.07, 6.45) is 5.78. The minimum absolute atomic E-state index is 0.361. The maximum absolute atomic E-state index is 6.22. The highest BCUT2D eigenvalue weighted by atomic mass is 35.5. The van der Waals surface area contributed by atoms with Crippen molar-refractivity contribution in [2.75, 3.05) is 6.54 Å². The lowest BCUT2D eigenvalue weighted by Crippen LogP contribution is -2.28. The molecular formula is C15H20ClN. The first-order chi connectivity index (χ1) is 8.21. The Morgan fingerprint density at radius 3 is 2.65 bits per heavy atom. The first-order valence-electron chi connectivity index (χ1n) is 6.69. The number of rotatable bonds is 5. The van der Waals surface area contributed by atoms with Gasteiger partial charge in [-0.1, -0.05) is 29.8 Å². The molecule has 1 unspecified atom stereocenters. The van der Waals surface area contributed by atoms with E-state index >= 15 is 0 Å². The number of hydrogen-bond acceptors (Lipinski definition) is 1. The fourth-order valence-corrected chi connectivity index (χ4v) is 3.18. The quantitative estimate of drug-likeness (QED) is 0.826.